The van der Waals surface area contributed by atoms with Crippen LogP contribution >= 0.6 is 11.6 Å². The van der Waals surface area contributed by atoms with E-state index in [4.69, 9.17) is 11.6 Å². The smallest absolute Gasteiger partial charge is 0.132 e. The molecule has 1 aromatic carbocycles. The van der Waals surface area contributed by atoms with Crippen molar-refractivity contribution in [3.8, 4) is 0 Å². The van der Waals surface area contributed by atoms with Crippen LogP contribution in [0.3, 0.4) is 0 Å². The molecule has 18 heavy (non-hydrogen) atoms. The van der Waals surface area contributed by atoms with Crippen molar-refractivity contribution < 1.29 is 0 Å². The molecule has 0 amide bonds. The fraction of sp³-hybridized carbons (Fsp3) is 0.267. The Labute approximate surface area is 113 Å². The molecule has 0 saturated carbocycles. The zero-order valence-corrected chi connectivity index (χ0v) is 11.5. The van der Waals surface area contributed by atoms with E-state index in [0.717, 1.165) is 24.3 Å². The summed E-state index contributed by atoms with van der Waals surface area (Å²) in [5.74, 6) is 0.790. The summed E-state index contributed by atoms with van der Waals surface area (Å²) < 4.78 is 0. The lowest BCUT2D eigenvalue weighted by atomic mass is 10.0. The summed E-state index contributed by atoms with van der Waals surface area (Å²) in [7, 11) is 0. The highest BCUT2D eigenvalue weighted by molar-refractivity contribution is 6.29. The lowest BCUT2D eigenvalue weighted by Gasteiger charge is -2.14. The van der Waals surface area contributed by atoms with Crippen LogP contribution in [0.1, 0.15) is 25.0 Å². The van der Waals surface area contributed by atoms with Gasteiger partial charge in [-0.25, -0.2) is 4.98 Å². The number of nitrogens with one attached hydrogen (secondary N) is 1. The van der Waals surface area contributed by atoms with Crippen molar-refractivity contribution in [1.82, 2.24) is 4.98 Å². The van der Waals surface area contributed by atoms with Crippen LogP contribution in [-0.2, 0) is 12.8 Å². The summed E-state index contributed by atoms with van der Waals surface area (Å²) in [5.41, 5.74) is 3.77. The summed E-state index contributed by atoms with van der Waals surface area (Å²) in [6.07, 6.45) is 1.99. The number of benzene rings is 1. The second kappa shape index (κ2) is 5.87. The predicted octanol–water partition coefficient (Wildman–Crippen LogP) is 4.60. The van der Waals surface area contributed by atoms with Crippen molar-refractivity contribution in [2.75, 3.05) is 5.32 Å². The lowest BCUT2D eigenvalue weighted by molar-refractivity contribution is 1.09. The number of halogens is 1. The van der Waals surface area contributed by atoms with E-state index in [-0.39, 0.29) is 0 Å². The molecule has 0 aliphatic carbocycles. The maximum Gasteiger partial charge on any atom is 0.132 e. The molecule has 0 spiro atoms. The fourth-order valence-corrected chi connectivity index (χ4v) is 2.17. The Morgan fingerprint density at radius 2 is 1.61 bits per heavy atom. The van der Waals surface area contributed by atoms with Gasteiger partial charge in [0.25, 0.3) is 0 Å². The highest BCUT2D eigenvalue weighted by Gasteiger charge is 2.07. The van der Waals surface area contributed by atoms with Crippen molar-refractivity contribution in [3.63, 3.8) is 0 Å². The number of aryl methyl sites for hydroxylation is 2. The molecule has 1 heterocycles. The topological polar surface area (TPSA) is 24.9 Å². The van der Waals surface area contributed by atoms with Crippen molar-refractivity contribution in [1.29, 1.82) is 0 Å². The van der Waals surface area contributed by atoms with Gasteiger partial charge in [0.1, 0.15) is 11.0 Å². The Balaban J connectivity index is 2.38. The van der Waals surface area contributed by atoms with E-state index >= 15 is 0 Å². The van der Waals surface area contributed by atoms with Gasteiger partial charge < -0.3 is 5.32 Å². The molecule has 1 N–H and O–H groups in total. The summed E-state index contributed by atoms with van der Waals surface area (Å²) in [4.78, 5) is 4.27. The molecule has 0 saturated heterocycles. The first-order chi connectivity index (χ1) is 8.74. The molecular weight excluding hydrogens is 244 g/mol. The van der Waals surface area contributed by atoms with Gasteiger partial charge in [-0.15, -0.1) is 0 Å². The molecule has 1 aromatic heterocycles. The van der Waals surface area contributed by atoms with Gasteiger partial charge in [0.05, 0.1) is 0 Å². The van der Waals surface area contributed by atoms with Crippen LogP contribution < -0.4 is 5.32 Å². The Hall–Kier alpha value is -1.54. The quantitative estimate of drug-likeness (QED) is 0.813. The van der Waals surface area contributed by atoms with Gasteiger partial charge in [0, 0.05) is 5.69 Å². The number of hydrogen-bond acceptors (Lipinski definition) is 2. The van der Waals surface area contributed by atoms with Gasteiger partial charge in [-0.1, -0.05) is 49.7 Å². The van der Waals surface area contributed by atoms with Crippen LogP contribution in [0.2, 0.25) is 5.15 Å². The molecule has 0 unspecified atom stereocenters. The Bertz CT molecular complexity index is 516. The lowest BCUT2D eigenvalue weighted by Crippen LogP contribution is -2.01. The van der Waals surface area contributed by atoms with Crippen LogP contribution in [0.4, 0.5) is 11.5 Å². The van der Waals surface area contributed by atoms with Crippen LogP contribution in [-0.4, -0.2) is 4.98 Å². The van der Waals surface area contributed by atoms with Crippen molar-refractivity contribution >= 4 is 23.1 Å². The number of para-hydroxylation sites is 1. The summed E-state index contributed by atoms with van der Waals surface area (Å²) in [6, 6.07) is 12.0. The first-order valence-corrected chi connectivity index (χ1v) is 6.62. The van der Waals surface area contributed by atoms with E-state index in [1.54, 1.807) is 6.07 Å². The molecule has 0 aliphatic heterocycles. The van der Waals surface area contributed by atoms with E-state index in [2.05, 4.69) is 42.3 Å². The van der Waals surface area contributed by atoms with E-state index in [1.165, 1.54) is 11.1 Å². The van der Waals surface area contributed by atoms with E-state index in [1.807, 2.05) is 12.1 Å². The maximum absolute atomic E-state index is 5.91. The van der Waals surface area contributed by atoms with Crippen LogP contribution in [0, 0.1) is 0 Å². The summed E-state index contributed by atoms with van der Waals surface area (Å²) in [6.45, 7) is 4.32. The highest BCUT2D eigenvalue weighted by Crippen LogP contribution is 2.26. The van der Waals surface area contributed by atoms with Gasteiger partial charge in [0.15, 0.2) is 0 Å². The Morgan fingerprint density at radius 3 is 2.17 bits per heavy atom. The van der Waals surface area contributed by atoms with Crippen molar-refractivity contribution in [3.05, 3.63) is 52.7 Å². The van der Waals surface area contributed by atoms with Crippen LogP contribution in [0.15, 0.2) is 36.4 Å². The van der Waals surface area contributed by atoms with Crippen LogP contribution in [0.25, 0.3) is 0 Å². The largest absolute Gasteiger partial charge is 0.340 e. The Morgan fingerprint density at radius 1 is 1.00 bits per heavy atom. The highest BCUT2D eigenvalue weighted by atomic mass is 35.5. The monoisotopic (exact) mass is 260 g/mol. The van der Waals surface area contributed by atoms with Crippen molar-refractivity contribution in [2.24, 2.45) is 0 Å². The molecule has 0 aliphatic rings. The normalized spacial score (nSPS) is 10.4. The van der Waals surface area contributed by atoms with E-state index < -0.39 is 0 Å². The first kappa shape index (κ1) is 12.9. The molecule has 3 heteroatoms. The molecule has 0 atom stereocenters. The van der Waals surface area contributed by atoms with E-state index in [0.29, 0.717) is 5.15 Å². The third-order valence-electron chi connectivity index (χ3n) is 2.97. The average molecular weight is 261 g/mol. The fourth-order valence-electron chi connectivity index (χ4n) is 2.01. The van der Waals surface area contributed by atoms with Gasteiger partial charge in [-0.3, -0.25) is 0 Å². The van der Waals surface area contributed by atoms with Crippen molar-refractivity contribution in [2.45, 2.75) is 26.7 Å². The summed E-state index contributed by atoms with van der Waals surface area (Å²) in [5, 5.41) is 3.89. The Kier molecular flexibility index (Phi) is 4.21. The third-order valence-corrected chi connectivity index (χ3v) is 3.18. The van der Waals surface area contributed by atoms with Gasteiger partial charge in [-0.05, 0) is 36.1 Å². The number of aromatic nitrogens is 1. The van der Waals surface area contributed by atoms with Gasteiger partial charge in [-0.2, -0.15) is 0 Å². The number of nitrogens with zero attached hydrogens (tertiary/aromatic N) is 1. The SMILES string of the molecule is CCc1cccc(CC)c1Nc1cccc(Cl)n1. The second-order valence-electron chi connectivity index (χ2n) is 4.13. The zero-order valence-electron chi connectivity index (χ0n) is 10.7. The third kappa shape index (κ3) is 2.82. The maximum atomic E-state index is 5.91. The number of rotatable bonds is 4. The molecular formula is C15H17ClN2. The second-order valence-corrected chi connectivity index (χ2v) is 4.52. The predicted molar refractivity (Wildman–Crippen MR) is 77.7 cm³/mol. The van der Waals surface area contributed by atoms with Gasteiger partial charge >= 0.3 is 0 Å². The molecule has 0 fully saturated rings. The summed E-state index contributed by atoms with van der Waals surface area (Å²) >= 11 is 5.91. The molecule has 2 rings (SSSR count). The molecule has 0 bridgehead atoms. The standard InChI is InChI=1S/C15H17ClN2/c1-3-11-7-5-8-12(4-2)15(11)18-14-10-6-9-13(16)17-14/h5-10H,3-4H2,1-2H3,(H,17,18). The minimum atomic E-state index is 0.507. The molecule has 94 valence electrons. The van der Waals surface area contributed by atoms with Crippen LogP contribution in [0.5, 0.6) is 0 Å². The van der Waals surface area contributed by atoms with Gasteiger partial charge in [0.2, 0.25) is 0 Å². The minimum Gasteiger partial charge on any atom is -0.340 e. The first-order valence-electron chi connectivity index (χ1n) is 6.25. The van der Waals surface area contributed by atoms with E-state index in [9.17, 15) is 0 Å². The average Bonchev–Trinajstić information content (AvgIpc) is 2.39. The zero-order chi connectivity index (χ0) is 13.0. The molecule has 2 aromatic rings. The number of pyridine rings is 1. The number of hydrogen-bond donors (Lipinski definition) is 1. The minimum absolute atomic E-state index is 0.507. The number of anilines is 2. The molecule has 0 radical (unpaired) electrons. The molecule has 2 nitrogen and oxygen atoms in total.